The predicted octanol–water partition coefficient (Wildman–Crippen LogP) is 8.60. The van der Waals surface area contributed by atoms with Gasteiger partial charge in [-0.15, -0.1) is 6.58 Å². The number of hydrogen-bond acceptors (Lipinski definition) is 20. The van der Waals surface area contributed by atoms with E-state index >= 15 is 9.59 Å². The molecule has 0 aromatic heterocycles. The smallest absolute Gasteiger partial charge is 0.329 e. The van der Waals surface area contributed by atoms with E-state index in [0.717, 1.165) is 11.1 Å². The highest BCUT2D eigenvalue weighted by Crippen LogP contribution is 2.43. The summed E-state index contributed by atoms with van der Waals surface area (Å²) in [5.74, 6) is -12.5. The van der Waals surface area contributed by atoms with Crippen LogP contribution in [0.3, 0.4) is 0 Å². The summed E-state index contributed by atoms with van der Waals surface area (Å²) in [5.41, 5.74) is 1.64. The molecule has 1 aromatic rings. The number of Topliss-reactive ketones (excluding diaryl/α,β-unsaturated/α-hetero) is 2. The molecule has 3 aliphatic heterocycles. The third kappa shape index (κ3) is 20.6. The fourth-order valence-electron chi connectivity index (χ4n) is 13.9. The summed E-state index contributed by atoms with van der Waals surface area (Å²) in [7, 11) is 3.08. The lowest BCUT2D eigenvalue weighted by atomic mass is 9.76. The van der Waals surface area contributed by atoms with Gasteiger partial charge in [0.2, 0.25) is 5.79 Å². The van der Waals surface area contributed by atoms with Crippen molar-refractivity contribution in [3.63, 3.8) is 0 Å². The van der Waals surface area contributed by atoms with E-state index in [-0.39, 0.29) is 74.7 Å². The lowest BCUT2D eigenvalue weighted by Crippen LogP contribution is -2.63. The van der Waals surface area contributed by atoms with Crippen LogP contribution >= 0.6 is 0 Å². The van der Waals surface area contributed by atoms with E-state index in [2.05, 4.69) is 6.58 Å². The van der Waals surface area contributed by atoms with Crippen molar-refractivity contribution in [2.75, 3.05) is 34.0 Å². The minimum atomic E-state index is -2.53. The molecular formula is C68H101NO20. The maximum Gasteiger partial charge on any atom is 0.329 e. The number of allylic oxidation sites excluding steroid dienone is 3. The van der Waals surface area contributed by atoms with E-state index in [0.29, 0.717) is 68.9 Å². The maximum atomic E-state index is 15.1. The molecule has 2 bridgehead atoms. The van der Waals surface area contributed by atoms with Gasteiger partial charge in [0.15, 0.2) is 6.10 Å². The van der Waals surface area contributed by atoms with E-state index in [4.69, 9.17) is 42.6 Å². The number of ketones is 2. The van der Waals surface area contributed by atoms with Crippen LogP contribution in [0, 0.1) is 55.3 Å². The van der Waals surface area contributed by atoms with Gasteiger partial charge < -0.3 is 57.7 Å². The van der Waals surface area contributed by atoms with Gasteiger partial charge in [-0.25, -0.2) is 4.79 Å². The number of benzene rings is 1. The summed E-state index contributed by atoms with van der Waals surface area (Å²) in [6.45, 7) is 24.0. The molecule has 5 rings (SSSR count). The van der Waals surface area contributed by atoms with Crippen LogP contribution < -0.4 is 4.74 Å². The number of hydrogen-bond donors (Lipinski definition) is 2. The molecule has 1 amide bonds. The summed E-state index contributed by atoms with van der Waals surface area (Å²) in [6, 6.07) is 2.26. The number of cyclic esters (lactones) is 1. The molecule has 21 nitrogen and oxygen atoms in total. The largest absolute Gasteiger partial charge is 0.462 e. The monoisotopic (exact) mass is 1250 g/mol. The first-order valence-electron chi connectivity index (χ1n) is 31.8. The predicted molar refractivity (Wildman–Crippen MR) is 326 cm³/mol. The van der Waals surface area contributed by atoms with Crippen LogP contribution in [-0.2, 0) is 86.5 Å². The summed E-state index contributed by atoms with van der Waals surface area (Å²) in [5, 5.41) is 23.1. The van der Waals surface area contributed by atoms with Crippen molar-refractivity contribution in [3.05, 3.63) is 53.1 Å². The van der Waals surface area contributed by atoms with Crippen LogP contribution in [0.2, 0.25) is 0 Å². The van der Waals surface area contributed by atoms with E-state index in [1.807, 2.05) is 39.8 Å². The normalized spacial score (nSPS) is 30.5. The molecule has 89 heavy (non-hydrogen) atoms. The fraction of sp³-hybridized carbons (Fsp3) is 0.721. The maximum absolute atomic E-state index is 15.1. The molecule has 1 saturated carbocycles. The molecule has 15 atom stereocenters. The van der Waals surface area contributed by atoms with Crippen LogP contribution in [-0.4, -0.2) is 157 Å². The lowest BCUT2D eigenvalue weighted by molar-refractivity contribution is -0.290. The van der Waals surface area contributed by atoms with Crippen molar-refractivity contribution in [1.29, 1.82) is 0 Å². The van der Waals surface area contributed by atoms with Gasteiger partial charge in [0.25, 0.3) is 11.7 Å². The lowest BCUT2D eigenvalue weighted by Gasteiger charge is -2.46. The Kier molecular flexibility index (Phi) is 27.8. The van der Waals surface area contributed by atoms with E-state index in [1.54, 1.807) is 60.8 Å². The number of ether oxygens (including phenoxy) is 9. The second kappa shape index (κ2) is 33.4. The number of methoxy groups -OCH3 is 2. The van der Waals surface area contributed by atoms with Crippen molar-refractivity contribution in [2.45, 2.75) is 239 Å². The average molecular weight is 1250 g/mol. The number of esters is 6. The van der Waals surface area contributed by atoms with Crippen molar-refractivity contribution in [2.24, 2.45) is 41.4 Å². The molecule has 3 heterocycles. The molecule has 3 fully saturated rings. The number of fused-ring (bicyclic) bond motifs is 3. The second-order valence-corrected chi connectivity index (χ2v) is 26.6. The first-order chi connectivity index (χ1) is 41.8. The first kappa shape index (κ1) is 73.9. The van der Waals surface area contributed by atoms with Gasteiger partial charge in [-0.05, 0) is 132 Å². The number of rotatable bonds is 20. The fourth-order valence-corrected chi connectivity index (χ4v) is 13.9. The Morgan fingerprint density at radius 1 is 0.843 bits per heavy atom. The average Bonchev–Trinajstić information content (AvgIpc) is 0.894. The third-order valence-electron chi connectivity index (χ3n) is 18.3. The summed E-state index contributed by atoms with van der Waals surface area (Å²) < 4.78 is 52.6. The van der Waals surface area contributed by atoms with Gasteiger partial charge in [-0.2, -0.15) is 0 Å². The quantitative estimate of drug-likeness (QED) is 0.0406. The highest BCUT2D eigenvalue weighted by Gasteiger charge is 2.56. The van der Waals surface area contributed by atoms with Crippen molar-refractivity contribution < 1.29 is 96.0 Å². The Bertz CT molecular complexity index is 2680. The topological polar surface area (TPSA) is 280 Å². The van der Waals surface area contributed by atoms with E-state index in [1.165, 1.54) is 25.9 Å². The summed E-state index contributed by atoms with van der Waals surface area (Å²) >= 11 is 0. The number of amides is 1. The highest BCUT2D eigenvalue weighted by molar-refractivity contribution is 6.39. The van der Waals surface area contributed by atoms with Crippen LogP contribution in [0.1, 0.15) is 182 Å². The van der Waals surface area contributed by atoms with Gasteiger partial charge in [0, 0.05) is 69.8 Å². The molecule has 1 aromatic carbocycles. The number of aliphatic hydroxyl groups is 2. The molecule has 498 valence electrons. The zero-order valence-corrected chi connectivity index (χ0v) is 55.1. The molecule has 2 unspecified atom stereocenters. The summed E-state index contributed by atoms with van der Waals surface area (Å²) in [6.07, 6.45) is 0.942. The Labute approximate surface area is 525 Å². The molecule has 2 N–H and O–H groups in total. The molecule has 1 aliphatic carbocycles. The number of aryl methyl sites for hydroxylation is 2. The minimum Gasteiger partial charge on any atom is -0.462 e. The molecule has 21 heteroatoms. The highest BCUT2D eigenvalue weighted by atomic mass is 16.7. The number of carbonyl (C=O) groups is 9. The van der Waals surface area contributed by atoms with Crippen LogP contribution in [0.5, 0.6) is 5.75 Å². The minimum absolute atomic E-state index is 0.00204. The van der Waals surface area contributed by atoms with Gasteiger partial charge in [0.05, 0.1) is 43.7 Å². The van der Waals surface area contributed by atoms with Crippen LogP contribution in [0.4, 0.5) is 0 Å². The van der Waals surface area contributed by atoms with Gasteiger partial charge >= 0.3 is 35.8 Å². The zero-order valence-electron chi connectivity index (χ0n) is 55.1. The van der Waals surface area contributed by atoms with E-state index < -0.39 is 144 Å². The van der Waals surface area contributed by atoms with Gasteiger partial charge in [-0.3, -0.25) is 38.4 Å². The van der Waals surface area contributed by atoms with E-state index in [9.17, 15) is 43.8 Å². The Morgan fingerprint density at radius 3 is 2.12 bits per heavy atom. The molecule has 2 saturated heterocycles. The van der Waals surface area contributed by atoms with Crippen LogP contribution in [0.15, 0.2) is 36.4 Å². The second-order valence-electron chi connectivity index (χ2n) is 26.6. The van der Waals surface area contributed by atoms with Gasteiger partial charge in [0.1, 0.15) is 43.0 Å². The number of carbonyl (C=O) groups excluding carboxylic acids is 9. The Hall–Kier alpha value is -5.87. The van der Waals surface area contributed by atoms with Crippen molar-refractivity contribution >= 4 is 53.3 Å². The summed E-state index contributed by atoms with van der Waals surface area (Å²) in [4.78, 5) is 125. The Morgan fingerprint density at radius 2 is 1.49 bits per heavy atom. The molecule has 0 spiro atoms. The zero-order chi connectivity index (χ0) is 66.2. The number of piperidine rings is 1. The molecule has 4 aliphatic rings. The molecular weight excluding hydrogens is 1150 g/mol. The van der Waals surface area contributed by atoms with Gasteiger partial charge in [-0.1, -0.05) is 72.3 Å². The SMILES string of the molecule is C=CC[C@@H]1/C=C(\C)C[C@H](C)C[C@H](OC)[C@H]2O[C@@](O)(C(=O)C(=O)N3CCCC[C@H]3C(=O)O[C@H](C(C)CC3CC[C@@H](O)[C@H](OC)C3)[C@H](C)[C@@H](OC(=O)CC(C)(C)c3c(C)cc(C)cc3OC(=O)CCC(=O)OC(COC(C)=O)COC(C)=O)CC1=O)[C@H](C)C[C@@H]2C. The first-order valence-corrected chi connectivity index (χ1v) is 31.8. The standard InChI is InChI=1S/C68H101NO20/c1-16-19-49-28-38(2)26-39(3)30-57(82-15)63-42(6)31-44(8)68(80,89-63)64(77)65(78)69-25-18-17-20-51(69)66(79)88-62(43(7)32-48-21-22-52(72)55(33-48)81-14)45(9)54(34-53(49)73)86-60(76)35-67(12,13)61-41(5)27-40(4)29-56(61)87-59(75)24-23-58(74)85-50(36-83-46(10)70)37-84-47(11)71/h16,27-29,39,42-45,48-52,54-55,57,62-63,72,80H,1,17-26,30-37H2,2-15H3/b38-28+/t39-,42-,43?,44+,45+,48?,49+,51-,52+,54-,55+,57-,62+,63-,68+/m0/s1. The molecule has 0 radical (unpaired) electrons. The third-order valence-corrected chi connectivity index (χ3v) is 18.3. The van der Waals surface area contributed by atoms with Crippen molar-refractivity contribution in [1.82, 2.24) is 4.90 Å². The Balaban J connectivity index is 1.55. The van der Waals surface area contributed by atoms with Crippen molar-refractivity contribution in [3.8, 4) is 5.75 Å². The number of aliphatic hydroxyl groups excluding tert-OH is 1. The number of nitrogens with zero attached hydrogens (tertiary/aromatic N) is 1. The van der Waals surface area contributed by atoms with Crippen LogP contribution in [0.25, 0.3) is 0 Å².